The van der Waals surface area contributed by atoms with Gasteiger partial charge in [-0.25, -0.2) is 9.97 Å². The van der Waals surface area contributed by atoms with Crippen molar-refractivity contribution in [1.29, 1.82) is 0 Å². The SMILES string of the molecule is CC(Nc1ncnc2ccccc12)C(=O)N1CCOCC1. The maximum absolute atomic E-state index is 12.4. The number of nitrogens with one attached hydrogen (secondary N) is 1. The Kier molecular flexibility index (Phi) is 3.96. The minimum Gasteiger partial charge on any atom is -0.378 e. The Bertz CT molecular complexity index is 635. The summed E-state index contributed by atoms with van der Waals surface area (Å²) in [6, 6.07) is 7.41. The molecule has 0 spiro atoms. The lowest BCUT2D eigenvalue weighted by molar-refractivity contribution is -0.135. The van der Waals surface area contributed by atoms with Gasteiger partial charge in [-0.1, -0.05) is 12.1 Å². The standard InChI is InChI=1S/C15H18N4O2/c1-11(15(20)19-6-8-21-9-7-19)18-14-12-4-2-3-5-13(12)16-10-17-14/h2-5,10-11H,6-9H2,1H3,(H,16,17,18). The third-order valence-electron chi connectivity index (χ3n) is 3.59. The van der Waals surface area contributed by atoms with E-state index in [2.05, 4.69) is 15.3 Å². The second-order valence-electron chi connectivity index (χ2n) is 5.04. The number of benzene rings is 1. The van der Waals surface area contributed by atoms with Crippen molar-refractivity contribution in [2.75, 3.05) is 31.6 Å². The van der Waals surface area contributed by atoms with E-state index < -0.39 is 0 Å². The molecule has 1 aromatic carbocycles. The van der Waals surface area contributed by atoms with Crippen LogP contribution in [-0.4, -0.2) is 53.1 Å². The summed E-state index contributed by atoms with van der Waals surface area (Å²) in [5.74, 6) is 0.760. The molecule has 1 saturated heterocycles. The molecule has 0 saturated carbocycles. The van der Waals surface area contributed by atoms with Crippen LogP contribution in [0.1, 0.15) is 6.92 Å². The van der Waals surface area contributed by atoms with Crippen molar-refractivity contribution in [2.24, 2.45) is 0 Å². The van der Waals surface area contributed by atoms with Crippen molar-refractivity contribution in [3.05, 3.63) is 30.6 Å². The van der Waals surface area contributed by atoms with Crippen LogP contribution < -0.4 is 5.32 Å². The zero-order valence-corrected chi connectivity index (χ0v) is 12.0. The van der Waals surface area contributed by atoms with Crippen LogP contribution >= 0.6 is 0 Å². The lowest BCUT2D eigenvalue weighted by Gasteiger charge is -2.29. The molecule has 1 aliphatic heterocycles. The Hall–Kier alpha value is -2.21. The predicted octanol–water partition coefficient (Wildman–Crippen LogP) is 1.29. The molecule has 1 fully saturated rings. The van der Waals surface area contributed by atoms with Crippen molar-refractivity contribution in [3.63, 3.8) is 0 Å². The molecule has 6 heteroatoms. The number of nitrogens with zero attached hydrogens (tertiary/aromatic N) is 3. The summed E-state index contributed by atoms with van der Waals surface area (Å²) in [5.41, 5.74) is 0.862. The highest BCUT2D eigenvalue weighted by Crippen LogP contribution is 2.19. The summed E-state index contributed by atoms with van der Waals surface area (Å²) >= 11 is 0. The number of carbonyl (C=O) groups is 1. The molecular weight excluding hydrogens is 268 g/mol. The van der Waals surface area contributed by atoms with Crippen LogP contribution in [0.2, 0.25) is 0 Å². The van der Waals surface area contributed by atoms with Gasteiger partial charge in [0.05, 0.1) is 18.7 Å². The molecule has 1 unspecified atom stereocenters. The number of hydrogen-bond acceptors (Lipinski definition) is 5. The van der Waals surface area contributed by atoms with Gasteiger partial charge in [0.15, 0.2) is 0 Å². The maximum Gasteiger partial charge on any atom is 0.244 e. The molecule has 110 valence electrons. The third kappa shape index (κ3) is 2.95. The first-order chi connectivity index (χ1) is 10.3. The Labute approximate surface area is 123 Å². The molecule has 1 N–H and O–H groups in total. The van der Waals surface area contributed by atoms with Crippen molar-refractivity contribution in [1.82, 2.24) is 14.9 Å². The van der Waals surface area contributed by atoms with E-state index in [1.165, 1.54) is 6.33 Å². The molecule has 0 bridgehead atoms. The molecule has 1 aromatic heterocycles. The first-order valence-corrected chi connectivity index (χ1v) is 7.08. The number of aromatic nitrogens is 2. The topological polar surface area (TPSA) is 67.4 Å². The molecule has 2 aromatic rings. The number of amides is 1. The van der Waals surface area contributed by atoms with Crippen LogP contribution in [0.3, 0.4) is 0 Å². The average molecular weight is 286 g/mol. The zero-order valence-electron chi connectivity index (χ0n) is 12.0. The number of ether oxygens (including phenoxy) is 1. The van der Waals surface area contributed by atoms with Crippen molar-refractivity contribution in [2.45, 2.75) is 13.0 Å². The average Bonchev–Trinajstić information content (AvgIpc) is 2.55. The second-order valence-corrected chi connectivity index (χ2v) is 5.04. The fraction of sp³-hybridized carbons (Fsp3) is 0.400. The number of rotatable bonds is 3. The van der Waals surface area contributed by atoms with E-state index in [4.69, 9.17) is 4.74 Å². The summed E-state index contributed by atoms with van der Waals surface area (Å²) in [6.07, 6.45) is 1.51. The van der Waals surface area contributed by atoms with Gasteiger partial charge in [-0.3, -0.25) is 4.79 Å². The highest BCUT2D eigenvalue weighted by Gasteiger charge is 2.22. The minimum atomic E-state index is -0.332. The van der Waals surface area contributed by atoms with E-state index in [0.29, 0.717) is 32.1 Å². The first kappa shape index (κ1) is 13.8. The van der Waals surface area contributed by atoms with E-state index in [1.54, 1.807) is 0 Å². The van der Waals surface area contributed by atoms with Crippen LogP contribution in [-0.2, 0) is 9.53 Å². The van der Waals surface area contributed by atoms with Gasteiger partial charge >= 0.3 is 0 Å². The molecule has 0 aliphatic carbocycles. The normalized spacial score (nSPS) is 16.7. The second kappa shape index (κ2) is 6.05. The van der Waals surface area contributed by atoms with Crippen molar-refractivity contribution in [3.8, 4) is 0 Å². The molecule has 2 heterocycles. The number of carbonyl (C=O) groups excluding carboxylic acids is 1. The number of hydrogen-bond donors (Lipinski definition) is 1. The number of fused-ring (bicyclic) bond motifs is 1. The van der Waals surface area contributed by atoms with Crippen molar-refractivity contribution >= 4 is 22.6 Å². The van der Waals surface area contributed by atoms with Gasteiger partial charge < -0.3 is 15.0 Å². The molecule has 0 radical (unpaired) electrons. The largest absolute Gasteiger partial charge is 0.378 e. The van der Waals surface area contributed by atoms with E-state index in [-0.39, 0.29) is 11.9 Å². The van der Waals surface area contributed by atoms with Gasteiger partial charge in [0.2, 0.25) is 5.91 Å². The van der Waals surface area contributed by atoms with E-state index in [0.717, 1.165) is 10.9 Å². The monoisotopic (exact) mass is 286 g/mol. The Morgan fingerprint density at radius 2 is 2.05 bits per heavy atom. The third-order valence-corrected chi connectivity index (χ3v) is 3.59. The van der Waals surface area contributed by atoms with Crippen molar-refractivity contribution < 1.29 is 9.53 Å². The highest BCUT2D eigenvalue weighted by atomic mass is 16.5. The fourth-order valence-electron chi connectivity index (χ4n) is 2.44. The maximum atomic E-state index is 12.4. The Balaban J connectivity index is 1.76. The van der Waals surface area contributed by atoms with E-state index in [9.17, 15) is 4.79 Å². The molecule has 6 nitrogen and oxygen atoms in total. The molecule has 1 aliphatic rings. The molecular formula is C15H18N4O2. The van der Waals surface area contributed by atoms with Gasteiger partial charge in [-0.05, 0) is 19.1 Å². The Morgan fingerprint density at radius 1 is 1.29 bits per heavy atom. The first-order valence-electron chi connectivity index (χ1n) is 7.08. The summed E-state index contributed by atoms with van der Waals surface area (Å²) in [5, 5.41) is 4.12. The smallest absolute Gasteiger partial charge is 0.244 e. The lowest BCUT2D eigenvalue weighted by Crippen LogP contribution is -2.47. The zero-order chi connectivity index (χ0) is 14.7. The van der Waals surface area contributed by atoms with Crippen LogP contribution in [0.5, 0.6) is 0 Å². The van der Waals surface area contributed by atoms with Gasteiger partial charge in [0.1, 0.15) is 18.2 Å². The van der Waals surface area contributed by atoms with Gasteiger partial charge in [0, 0.05) is 18.5 Å². The fourth-order valence-corrected chi connectivity index (χ4v) is 2.44. The summed E-state index contributed by atoms with van der Waals surface area (Å²) < 4.78 is 5.27. The summed E-state index contributed by atoms with van der Waals surface area (Å²) in [7, 11) is 0. The van der Waals surface area contributed by atoms with Crippen LogP contribution in [0.4, 0.5) is 5.82 Å². The highest BCUT2D eigenvalue weighted by molar-refractivity contribution is 5.91. The molecule has 1 atom stereocenters. The van der Waals surface area contributed by atoms with Gasteiger partial charge in [0.25, 0.3) is 0 Å². The lowest BCUT2D eigenvalue weighted by atomic mass is 10.2. The van der Waals surface area contributed by atoms with Gasteiger partial charge in [-0.2, -0.15) is 0 Å². The van der Waals surface area contributed by atoms with E-state index >= 15 is 0 Å². The number of para-hydroxylation sites is 1. The minimum absolute atomic E-state index is 0.0704. The number of anilines is 1. The van der Waals surface area contributed by atoms with Crippen LogP contribution in [0.25, 0.3) is 10.9 Å². The van der Waals surface area contributed by atoms with Crippen LogP contribution in [0.15, 0.2) is 30.6 Å². The molecule has 21 heavy (non-hydrogen) atoms. The molecule has 1 amide bonds. The van der Waals surface area contributed by atoms with Crippen LogP contribution in [0, 0.1) is 0 Å². The summed E-state index contributed by atoms with van der Waals surface area (Å²) in [4.78, 5) is 22.7. The summed E-state index contributed by atoms with van der Waals surface area (Å²) in [6.45, 7) is 4.36. The molecule has 3 rings (SSSR count). The predicted molar refractivity (Wildman–Crippen MR) is 80.0 cm³/mol. The number of morpholine rings is 1. The van der Waals surface area contributed by atoms with E-state index in [1.807, 2.05) is 36.1 Å². The quantitative estimate of drug-likeness (QED) is 0.921. The van der Waals surface area contributed by atoms with Gasteiger partial charge in [-0.15, -0.1) is 0 Å². The Morgan fingerprint density at radius 3 is 2.86 bits per heavy atom.